The third-order valence-electron chi connectivity index (χ3n) is 5.98. The van der Waals surface area contributed by atoms with Gasteiger partial charge in [-0.25, -0.2) is 0 Å². The quantitative estimate of drug-likeness (QED) is 0.475. The fourth-order valence-corrected chi connectivity index (χ4v) is 4.52. The number of methoxy groups -OCH3 is 1. The van der Waals surface area contributed by atoms with Gasteiger partial charge in [-0.15, -0.1) is 0 Å². The molecule has 1 aliphatic rings. The first-order chi connectivity index (χ1) is 15.8. The zero-order valence-corrected chi connectivity index (χ0v) is 18.6. The van der Waals surface area contributed by atoms with Gasteiger partial charge in [0, 0.05) is 67.1 Å². The molecule has 0 saturated heterocycles. The van der Waals surface area contributed by atoms with Gasteiger partial charge in [0.1, 0.15) is 5.75 Å². The summed E-state index contributed by atoms with van der Waals surface area (Å²) in [6, 6.07) is 11.1. The molecule has 2 aromatic carbocycles. The van der Waals surface area contributed by atoms with Crippen LogP contribution < -0.4 is 15.4 Å². The van der Waals surface area contributed by atoms with Gasteiger partial charge in [0.05, 0.1) is 29.3 Å². The Hall–Kier alpha value is -4.33. The van der Waals surface area contributed by atoms with Crippen molar-refractivity contribution in [2.45, 2.75) is 6.92 Å². The number of nitrogens with zero attached hydrogens (tertiary/aromatic N) is 2. The molecule has 1 aliphatic heterocycles. The predicted octanol–water partition coefficient (Wildman–Crippen LogP) is 3.20. The van der Waals surface area contributed by atoms with E-state index in [0.717, 1.165) is 21.8 Å². The molecule has 166 valence electrons. The van der Waals surface area contributed by atoms with Gasteiger partial charge in [-0.05, 0) is 24.3 Å². The maximum Gasteiger partial charge on any atom is 0.259 e. The molecule has 8 heteroatoms. The SMILES string of the molecule is COc1ccc2c(C3=C(c4cn(C)c5cc(NC(C)=O)ccc45)C(=O)NC3=O)cn(C)c2c1. The van der Waals surface area contributed by atoms with Crippen LogP contribution in [0.2, 0.25) is 0 Å². The lowest BCUT2D eigenvalue weighted by molar-refractivity contribution is -0.123. The molecule has 0 atom stereocenters. The fourth-order valence-electron chi connectivity index (χ4n) is 4.52. The summed E-state index contributed by atoms with van der Waals surface area (Å²) in [5.74, 6) is -0.313. The van der Waals surface area contributed by atoms with E-state index in [2.05, 4.69) is 10.6 Å². The topological polar surface area (TPSA) is 94.4 Å². The number of carbonyl (C=O) groups excluding carboxylic acids is 3. The molecule has 4 aromatic rings. The van der Waals surface area contributed by atoms with Crippen LogP contribution in [0.4, 0.5) is 5.69 Å². The van der Waals surface area contributed by atoms with Crippen LogP contribution in [-0.4, -0.2) is 34.0 Å². The smallest absolute Gasteiger partial charge is 0.259 e. The number of anilines is 1. The van der Waals surface area contributed by atoms with Gasteiger partial charge in [0.2, 0.25) is 5.91 Å². The van der Waals surface area contributed by atoms with Crippen molar-refractivity contribution in [2.24, 2.45) is 14.1 Å². The Labute approximate surface area is 189 Å². The van der Waals surface area contributed by atoms with E-state index in [0.29, 0.717) is 33.7 Å². The molecule has 3 amide bonds. The number of ether oxygens (including phenoxy) is 1. The number of amides is 3. The van der Waals surface area contributed by atoms with Crippen molar-refractivity contribution in [1.29, 1.82) is 0 Å². The molecular formula is C25H22N4O4. The number of rotatable bonds is 4. The lowest BCUT2D eigenvalue weighted by atomic mass is 9.95. The summed E-state index contributed by atoms with van der Waals surface area (Å²) in [7, 11) is 5.36. The number of carbonyl (C=O) groups is 3. The minimum absolute atomic E-state index is 0.165. The second kappa shape index (κ2) is 7.37. The second-order valence-electron chi connectivity index (χ2n) is 8.14. The van der Waals surface area contributed by atoms with Gasteiger partial charge >= 0.3 is 0 Å². The zero-order chi connectivity index (χ0) is 23.4. The lowest BCUT2D eigenvalue weighted by Gasteiger charge is -2.05. The Kier molecular flexibility index (Phi) is 4.59. The van der Waals surface area contributed by atoms with Gasteiger partial charge in [-0.2, -0.15) is 0 Å². The lowest BCUT2D eigenvalue weighted by Crippen LogP contribution is -2.22. The Morgan fingerprint density at radius 1 is 0.879 bits per heavy atom. The second-order valence-corrected chi connectivity index (χ2v) is 8.14. The summed E-state index contributed by atoms with van der Waals surface area (Å²) >= 11 is 0. The number of imide groups is 1. The van der Waals surface area contributed by atoms with Crippen molar-refractivity contribution in [3.8, 4) is 5.75 Å². The molecule has 2 N–H and O–H groups in total. The Morgan fingerprint density at radius 3 is 1.97 bits per heavy atom. The van der Waals surface area contributed by atoms with Crippen LogP contribution in [0, 0.1) is 0 Å². The average Bonchev–Trinajstić information content (AvgIpc) is 3.37. The van der Waals surface area contributed by atoms with E-state index >= 15 is 0 Å². The number of nitrogens with one attached hydrogen (secondary N) is 2. The van der Waals surface area contributed by atoms with E-state index in [1.165, 1.54) is 6.92 Å². The highest BCUT2D eigenvalue weighted by Crippen LogP contribution is 2.39. The van der Waals surface area contributed by atoms with Gasteiger partial charge < -0.3 is 19.2 Å². The predicted molar refractivity (Wildman–Crippen MR) is 127 cm³/mol. The standard InChI is InChI=1S/C25H22N4O4/c1-13(30)26-14-5-7-16-18(11-28(2)20(16)9-14)22-23(25(32)27-24(22)31)19-12-29(3)21-10-15(33-4)6-8-17(19)21/h5-12H,1-4H3,(H,26,30)(H,27,31,32). The van der Waals surface area contributed by atoms with Crippen LogP contribution in [-0.2, 0) is 28.5 Å². The van der Waals surface area contributed by atoms with Crippen molar-refractivity contribution < 1.29 is 19.1 Å². The summed E-state index contributed by atoms with van der Waals surface area (Å²) in [6.07, 6.45) is 3.70. The van der Waals surface area contributed by atoms with Crippen LogP contribution in [0.5, 0.6) is 5.75 Å². The van der Waals surface area contributed by atoms with Gasteiger partial charge in [-0.1, -0.05) is 6.07 Å². The van der Waals surface area contributed by atoms with Crippen LogP contribution in [0.3, 0.4) is 0 Å². The third kappa shape index (κ3) is 3.18. The summed E-state index contributed by atoms with van der Waals surface area (Å²) in [6.45, 7) is 1.45. The number of benzene rings is 2. The van der Waals surface area contributed by atoms with Crippen LogP contribution in [0.25, 0.3) is 33.0 Å². The summed E-state index contributed by atoms with van der Waals surface area (Å²) in [5.41, 5.74) is 4.40. The molecule has 8 nitrogen and oxygen atoms in total. The Bertz CT molecular complexity index is 1540. The maximum absolute atomic E-state index is 13.0. The highest BCUT2D eigenvalue weighted by atomic mass is 16.5. The van der Waals surface area contributed by atoms with E-state index in [4.69, 9.17) is 4.74 Å². The summed E-state index contributed by atoms with van der Waals surface area (Å²) in [4.78, 5) is 37.4. The van der Waals surface area contributed by atoms with Crippen molar-refractivity contribution in [3.05, 3.63) is 59.9 Å². The van der Waals surface area contributed by atoms with E-state index in [1.807, 2.05) is 66.0 Å². The summed E-state index contributed by atoms with van der Waals surface area (Å²) < 4.78 is 9.13. The minimum atomic E-state index is -0.432. The molecule has 0 fully saturated rings. The largest absolute Gasteiger partial charge is 0.497 e. The molecule has 0 radical (unpaired) electrons. The number of aryl methyl sites for hydroxylation is 2. The highest BCUT2D eigenvalue weighted by molar-refractivity contribution is 6.50. The third-order valence-corrected chi connectivity index (χ3v) is 5.98. The number of hydrogen-bond acceptors (Lipinski definition) is 4. The minimum Gasteiger partial charge on any atom is -0.497 e. The van der Waals surface area contributed by atoms with Crippen molar-refractivity contribution >= 4 is 56.4 Å². The monoisotopic (exact) mass is 442 g/mol. The van der Waals surface area contributed by atoms with Crippen LogP contribution >= 0.6 is 0 Å². The summed E-state index contributed by atoms with van der Waals surface area (Å²) in [5, 5.41) is 6.91. The number of aromatic nitrogens is 2. The van der Waals surface area contributed by atoms with Crippen molar-refractivity contribution in [3.63, 3.8) is 0 Å². The van der Waals surface area contributed by atoms with E-state index in [9.17, 15) is 14.4 Å². The molecule has 0 unspecified atom stereocenters. The number of fused-ring (bicyclic) bond motifs is 2. The number of hydrogen-bond donors (Lipinski definition) is 2. The molecule has 0 spiro atoms. The molecule has 0 aliphatic carbocycles. The van der Waals surface area contributed by atoms with Crippen LogP contribution in [0.1, 0.15) is 18.1 Å². The highest BCUT2D eigenvalue weighted by Gasteiger charge is 2.35. The Balaban J connectivity index is 1.76. The maximum atomic E-state index is 13.0. The van der Waals surface area contributed by atoms with Crippen molar-refractivity contribution in [1.82, 2.24) is 14.5 Å². The zero-order valence-electron chi connectivity index (χ0n) is 18.6. The molecule has 5 rings (SSSR count). The molecule has 0 saturated carbocycles. The first-order valence-electron chi connectivity index (χ1n) is 10.4. The molecule has 33 heavy (non-hydrogen) atoms. The van der Waals surface area contributed by atoms with E-state index < -0.39 is 11.8 Å². The van der Waals surface area contributed by atoms with Gasteiger partial charge in [0.25, 0.3) is 11.8 Å². The van der Waals surface area contributed by atoms with E-state index in [1.54, 1.807) is 13.2 Å². The first-order valence-corrected chi connectivity index (χ1v) is 10.4. The molecule has 2 aromatic heterocycles. The van der Waals surface area contributed by atoms with E-state index in [-0.39, 0.29) is 5.91 Å². The van der Waals surface area contributed by atoms with Crippen molar-refractivity contribution in [2.75, 3.05) is 12.4 Å². The normalized spacial score (nSPS) is 13.8. The average molecular weight is 442 g/mol. The molecule has 3 heterocycles. The van der Waals surface area contributed by atoms with Gasteiger partial charge in [0.15, 0.2) is 0 Å². The Morgan fingerprint density at radius 2 is 1.42 bits per heavy atom. The first kappa shape index (κ1) is 20.6. The molecular weight excluding hydrogens is 420 g/mol. The fraction of sp³-hybridized carbons (Fsp3) is 0.160. The molecule has 0 bridgehead atoms. The van der Waals surface area contributed by atoms with Crippen LogP contribution in [0.15, 0.2) is 48.8 Å². The van der Waals surface area contributed by atoms with Gasteiger partial charge in [-0.3, -0.25) is 19.7 Å².